The molecule has 0 spiro atoms. The van der Waals surface area contributed by atoms with E-state index in [1.165, 1.54) is 10.9 Å². The predicted octanol–water partition coefficient (Wildman–Crippen LogP) is 3.47. The Hall–Kier alpha value is -4.11. The van der Waals surface area contributed by atoms with Crippen molar-refractivity contribution in [3.05, 3.63) is 81.9 Å². The molecule has 0 bridgehead atoms. The zero-order valence-electron chi connectivity index (χ0n) is 22.8. The summed E-state index contributed by atoms with van der Waals surface area (Å²) in [4.78, 5) is 44.8. The molecule has 40 heavy (non-hydrogen) atoms. The number of hydrogen-bond donors (Lipinski definition) is 1. The van der Waals surface area contributed by atoms with Gasteiger partial charge in [0.05, 0.1) is 24.2 Å². The normalized spacial score (nSPS) is 17.3. The highest BCUT2D eigenvalue weighted by Crippen LogP contribution is 2.31. The van der Waals surface area contributed by atoms with E-state index in [1.807, 2.05) is 53.4 Å². The van der Waals surface area contributed by atoms with E-state index in [1.54, 1.807) is 11.7 Å². The van der Waals surface area contributed by atoms with E-state index in [-0.39, 0.29) is 35.2 Å². The quantitative estimate of drug-likeness (QED) is 0.402. The smallest absolute Gasteiger partial charge is 0.281 e. The maximum Gasteiger partial charge on any atom is 0.281 e. The van der Waals surface area contributed by atoms with Gasteiger partial charge in [-0.25, -0.2) is 4.98 Å². The second-order valence-electron chi connectivity index (χ2n) is 11.3. The molecule has 4 aromatic rings. The summed E-state index contributed by atoms with van der Waals surface area (Å²) in [5, 5.41) is 15.8. The monoisotopic (exact) mass is 539 g/mol. The van der Waals surface area contributed by atoms with Crippen LogP contribution < -0.4 is 5.56 Å². The van der Waals surface area contributed by atoms with E-state index in [9.17, 15) is 19.5 Å². The third-order valence-electron chi connectivity index (χ3n) is 8.47. The zero-order valence-corrected chi connectivity index (χ0v) is 22.8. The van der Waals surface area contributed by atoms with Crippen LogP contribution in [0.2, 0.25) is 0 Å². The van der Waals surface area contributed by atoms with Crippen molar-refractivity contribution in [1.29, 1.82) is 0 Å². The number of aliphatic hydroxyl groups is 1. The van der Waals surface area contributed by atoms with E-state index in [0.717, 1.165) is 27.9 Å². The molecule has 1 N–H and O–H groups in total. The highest BCUT2D eigenvalue weighted by Gasteiger charge is 2.35. The van der Waals surface area contributed by atoms with Gasteiger partial charge in [0.1, 0.15) is 5.52 Å². The van der Waals surface area contributed by atoms with Gasteiger partial charge < -0.3 is 10.0 Å². The largest absolute Gasteiger partial charge is 0.388 e. The number of hydrogen-bond acceptors (Lipinski definition) is 6. The van der Waals surface area contributed by atoms with Crippen LogP contribution in [0.5, 0.6) is 0 Å². The van der Waals surface area contributed by atoms with E-state index < -0.39 is 5.60 Å². The fraction of sp³-hybridized carbons (Fsp3) is 0.387. The minimum atomic E-state index is -1.12. The summed E-state index contributed by atoms with van der Waals surface area (Å²) in [5.74, 6) is 0.358. The molecule has 0 radical (unpaired) electrons. The average molecular weight is 540 g/mol. The Morgan fingerprint density at radius 1 is 1.05 bits per heavy atom. The lowest BCUT2D eigenvalue weighted by atomic mass is 9.90. The number of ketones is 1. The maximum atomic E-state index is 13.4. The molecule has 6 rings (SSSR count). The van der Waals surface area contributed by atoms with Crippen LogP contribution in [0, 0.1) is 0 Å². The lowest BCUT2D eigenvalue weighted by Crippen LogP contribution is -2.49. The molecule has 206 valence electrons. The van der Waals surface area contributed by atoms with Gasteiger partial charge in [0.25, 0.3) is 5.56 Å². The number of likely N-dealkylation sites (tertiary alicyclic amines) is 1. The van der Waals surface area contributed by atoms with Crippen LogP contribution in [0.15, 0.2) is 59.7 Å². The zero-order chi connectivity index (χ0) is 28.0. The number of piperidine rings is 1. The van der Waals surface area contributed by atoms with Crippen molar-refractivity contribution in [2.75, 3.05) is 13.1 Å². The van der Waals surface area contributed by atoms with Crippen molar-refractivity contribution < 1.29 is 14.7 Å². The van der Waals surface area contributed by atoms with Gasteiger partial charge in [0, 0.05) is 44.1 Å². The predicted molar refractivity (Wildman–Crippen MR) is 151 cm³/mol. The summed E-state index contributed by atoms with van der Waals surface area (Å²) < 4.78 is 3.08. The number of fused-ring (bicyclic) bond motifs is 2. The second kappa shape index (κ2) is 10.1. The van der Waals surface area contributed by atoms with Crippen molar-refractivity contribution in [2.24, 2.45) is 7.05 Å². The summed E-state index contributed by atoms with van der Waals surface area (Å²) in [6, 6.07) is 15.7. The van der Waals surface area contributed by atoms with Crippen molar-refractivity contribution in [2.45, 2.75) is 57.1 Å². The van der Waals surface area contributed by atoms with Gasteiger partial charge in [-0.05, 0) is 42.4 Å². The molecular weight excluding hydrogens is 506 g/mol. The van der Waals surface area contributed by atoms with Crippen LogP contribution in [0.1, 0.15) is 60.0 Å². The van der Waals surface area contributed by atoms with Gasteiger partial charge in [-0.2, -0.15) is 5.10 Å². The first-order chi connectivity index (χ1) is 19.2. The van der Waals surface area contributed by atoms with E-state index in [4.69, 9.17) is 0 Å². The van der Waals surface area contributed by atoms with Crippen LogP contribution in [-0.2, 0) is 24.8 Å². The number of aryl methyl sites for hydroxylation is 2. The van der Waals surface area contributed by atoms with Gasteiger partial charge in [-0.3, -0.25) is 23.6 Å². The maximum absolute atomic E-state index is 13.4. The lowest BCUT2D eigenvalue weighted by Gasteiger charge is -2.38. The Labute approximate surface area is 232 Å². The second-order valence-corrected chi connectivity index (χ2v) is 11.3. The number of rotatable bonds is 6. The topological polar surface area (TPSA) is 110 Å². The SMILES string of the molecule is C[C@H](CC(=O)N1CCC(O)(Cn2cnc3c(-c4ccc5c(c4)CCC5=O)n(C)nc3c2=O)CC1)c1ccccc1. The van der Waals surface area contributed by atoms with Gasteiger partial charge in [0.15, 0.2) is 11.3 Å². The molecule has 3 heterocycles. The minimum Gasteiger partial charge on any atom is -0.388 e. The van der Waals surface area contributed by atoms with Crippen LogP contribution in [0.3, 0.4) is 0 Å². The highest BCUT2D eigenvalue weighted by atomic mass is 16.3. The molecule has 2 aromatic heterocycles. The van der Waals surface area contributed by atoms with Crippen molar-refractivity contribution in [1.82, 2.24) is 24.2 Å². The molecule has 1 atom stereocenters. The van der Waals surface area contributed by atoms with Crippen LogP contribution in [0.25, 0.3) is 22.3 Å². The number of carbonyl (C=O) groups excluding carboxylic acids is 2. The fourth-order valence-corrected chi connectivity index (χ4v) is 6.07. The van der Waals surface area contributed by atoms with Crippen LogP contribution in [0.4, 0.5) is 0 Å². The minimum absolute atomic E-state index is 0.0793. The number of amides is 1. The Kier molecular flexibility index (Phi) is 6.62. The summed E-state index contributed by atoms with van der Waals surface area (Å²) in [6.45, 7) is 3.02. The van der Waals surface area contributed by atoms with Gasteiger partial charge in [-0.15, -0.1) is 0 Å². The number of benzene rings is 2. The van der Waals surface area contributed by atoms with Crippen molar-refractivity contribution in [3.8, 4) is 11.3 Å². The molecule has 1 saturated heterocycles. The Balaban J connectivity index is 1.16. The van der Waals surface area contributed by atoms with Crippen molar-refractivity contribution >= 4 is 22.7 Å². The first kappa shape index (κ1) is 26.1. The molecule has 0 unspecified atom stereocenters. The molecule has 2 aliphatic rings. The lowest BCUT2D eigenvalue weighted by molar-refractivity contribution is -0.136. The molecule has 9 heteroatoms. The van der Waals surface area contributed by atoms with E-state index >= 15 is 0 Å². The van der Waals surface area contributed by atoms with Crippen LogP contribution in [-0.4, -0.2) is 59.7 Å². The molecule has 1 aliphatic heterocycles. The van der Waals surface area contributed by atoms with Gasteiger partial charge >= 0.3 is 0 Å². The molecule has 1 aliphatic carbocycles. The first-order valence-corrected chi connectivity index (χ1v) is 13.9. The molecule has 2 aromatic carbocycles. The van der Waals surface area contributed by atoms with Crippen molar-refractivity contribution in [3.63, 3.8) is 0 Å². The molecule has 0 saturated carbocycles. The van der Waals surface area contributed by atoms with E-state index in [2.05, 4.69) is 17.0 Å². The summed E-state index contributed by atoms with van der Waals surface area (Å²) in [7, 11) is 1.78. The van der Waals surface area contributed by atoms with Gasteiger partial charge in [0.2, 0.25) is 5.91 Å². The molecular formula is C31H33N5O4. The fourth-order valence-electron chi connectivity index (χ4n) is 6.07. The van der Waals surface area contributed by atoms with Crippen LogP contribution >= 0.6 is 0 Å². The number of aromatic nitrogens is 4. The van der Waals surface area contributed by atoms with Gasteiger partial charge in [-0.1, -0.05) is 49.4 Å². The standard InChI is InChI=1S/C31H33N5O4/c1-20(21-6-4-3-5-7-21)16-26(38)35-14-12-31(40,13-15-35)18-36-19-32-27-28(30(36)39)33-34(2)29(27)23-8-10-24-22(17-23)9-11-25(24)37/h3-8,10,17,19-20,40H,9,11-16,18H2,1-2H3/t20-/m1/s1. The molecule has 9 nitrogen and oxygen atoms in total. The third kappa shape index (κ3) is 4.75. The van der Waals surface area contributed by atoms with E-state index in [0.29, 0.717) is 50.7 Å². The summed E-state index contributed by atoms with van der Waals surface area (Å²) >= 11 is 0. The first-order valence-electron chi connectivity index (χ1n) is 13.9. The summed E-state index contributed by atoms with van der Waals surface area (Å²) in [6.07, 6.45) is 3.89. The summed E-state index contributed by atoms with van der Waals surface area (Å²) in [5.41, 5.74) is 3.78. The average Bonchev–Trinajstić information content (AvgIpc) is 3.50. The highest BCUT2D eigenvalue weighted by molar-refractivity contribution is 6.01. The number of nitrogens with zero attached hydrogens (tertiary/aromatic N) is 5. The number of carbonyl (C=O) groups is 2. The Bertz CT molecular complexity index is 1660. The Morgan fingerprint density at radius 3 is 2.55 bits per heavy atom. The number of Topliss-reactive ketones (excluding diaryl/α,β-unsaturated/α-hetero) is 1. The molecule has 1 fully saturated rings. The Morgan fingerprint density at radius 2 is 1.80 bits per heavy atom. The third-order valence-corrected chi connectivity index (χ3v) is 8.47. The molecule has 1 amide bonds.